The van der Waals surface area contributed by atoms with E-state index in [9.17, 15) is 0 Å². The Bertz CT molecular complexity index is 304. The molecule has 0 aromatic carbocycles. The van der Waals surface area contributed by atoms with E-state index >= 15 is 0 Å². The van der Waals surface area contributed by atoms with E-state index in [0.717, 1.165) is 49.9 Å². The first kappa shape index (κ1) is 14.4. The van der Waals surface area contributed by atoms with Crippen molar-refractivity contribution >= 4 is 16.5 Å². The van der Waals surface area contributed by atoms with E-state index in [1.807, 2.05) is 0 Å². The Morgan fingerprint density at radius 1 is 1.53 bits per heavy atom. The van der Waals surface area contributed by atoms with Crippen molar-refractivity contribution in [3.05, 3.63) is 11.1 Å². The molecule has 0 saturated carbocycles. The van der Waals surface area contributed by atoms with Crippen LogP contribution in [0.25, 0.3) is 0 Å². The summed E-state index contributed by atoms with van der Waals surface area (Å²) in [6, 6.07) is 0. The first-order valence-corrected chi connectivity index (χ1v) is 7.01. The first-order valence-electron chi connectivity index (χ1n) is 6.13. The lowest BCUT2D eigenvalue weighted by Gasteiger charge is -2.14. The fourth-order valence-corrected chi connectivity index (χ4v) is 2.31. The summed E-state index contributed by atoms with van der Waals surface area (Å²) in [5, 5.41) is 6.58. The van der Waals surface area contributed by atoms with Crippen molar-refractivity contribution in [3.8, 4) is 0 Å². The van der Waals surface area contributed by atoms with Crippen LogP contribution in [0.4, 0.5) is 5.13 Å². The van der Waals surface area contributed by atoms with Crippen LogP contribution in [0.5, 0.6) is 0 Å². The molecule has 1 rings (SSSR count). The van der Waals surface area contributed by atoms with Gasteiger partial charge < -0.3 is 15.0 Å². The first-order chi connectivity index (χ1) is 8.27. The summed E-state index contributed by atoms with van der Waals surface area (Å²) >= 11 is 1.71. The monoisotopic (exact) mass is 257 g/mol. The minimum atomic E-state index is 0.806. The summed E-state index contributed by atoms with van der Waals surface area (Å²) in [5.74, 6) is 0. The molecule has 0 spiro atoms. The summed E-state index contributed by atoms with van der Waals surface area (Å²) in [6.07, 6.45) is 2.20. The van der Waals surface area contributed by atoms with E-state index in [2.05, 4.69) is 34.6 Å². The molecule has 0 radical (unpaired) electrons. The highest BCUT2D eigenvalue weighted by atomic mass is 32.1. The average molecular weight is 257 g/mol. The van der Waals surface area contributed by atoms with Crippen molar-refractivity contribution in [2.75, 3.05) is 38.8 Å². The highest BCUT2D eigenvalue weighted by Gasteiger charge is 2.06. The van der Waals surface area contributed by atoms with Gasteiger partial charge in [-0.25, -0.2) is 4.98 Å². The van der Waals surface area contributed by atoms with Crippen LogP contribution in [0, 0.1) is 0 Å². The molecule has 1 aromatic rings. The number of rotatable bonds is 9. The third-order valence-corrected chi connectivity index (χ3v) is 3.44. The fraction of sp³-hybridized carbons (Fsp3) is 0.750. The van der Waals surface area contributed by atoms with E-state index in [0.29, 0.717) is 0 Å². The molecule has 1 N–H and O–H groups in total. The molecule has 0 unspecified atom stereocenters. The van der Waals surface area contributed by atoms with E-state index < -0.39 is 0 Å². The number of hydrogen-bond acceptors (Lipinski definition) is 5. The number of nitrogens with one attached hydrogen (secondary N) is 1. The number of thiazole rings is 1. The lowest BCUT2D eigenvalue weighted by Crippen LogP contribution is -2.20. The number of methoxy groups -OCH3 is 1. The Balaban J connectivity index is 2.33. The largest absolute Gasteiger partial charge is 0.385 e. The molecule has 0 aliphatic heterocycles. The second-order valence-electron chi connectivity index (χ2n) is 4.07. The third-order valence-electron chi connectivity index (χ3n) is 2.44. The molecule has 0 fully saturated rings. The van der Waals surface area contributed by atoms with Crippen molar-refractivity contribution in [1.29, 1.82) is 0 Å². The molecule has 0 amide bonds. The summed E-state index contributed by atoms with van der Waals surface area (Å²) < 4.78 is 5.05. The zero-order valence-electron chi connectivity index (χ0n) is 11.0. The second kappa shape index (κ2) is 8.44. The lowest BCUT2D eigenvalue weighted by atomic mass is 10.4. The zero-order chi connectivity index (χ0) is 12.5. The van der Waals surface area contributed by atoms with Crippen LogP contribution in [0.1, 0.15) is 25.5 Å². The molecule has 4 nitrogen and oxygen atoms in total. The van der Waals surface area contributed by atoms with Gasteiger partial charge in [0.2, 0.25) is 0 Å². The molecular weight excluding hydrogens is 234 g/mol. The van der Waals surface area contributed by atoms with E-state index in [1.165, 1.54) is 0 Å². The van der Waals surface area contributed by atoms with Gasteiger partial charge in [0.05, 0.1) is 5.69 Å². The van der Waals surface area contributed by atoms with Gasteiger partial charge in [0, 0.05) is 39.2 Å². The SMILES string of the molecule is CCCNCc1csc(N(C)CCCOC)n1. The van der Waals surface area contributed by atoms with Crippen LogP contribution in [-0.2, 0) is 11.3 Å². The van der Waals surface area contributed by atoms with E-state index in [4.69, 9.17) is 4.74 Å². The van der Waals surface area contributed by atoms with Crippen LogP contribution in [0.2, 0.25) is 0 Å². The molecule has 17 heavy (non-hydrogen) atoms. The normalized spacial score (nSPS) is 10.8. The minimum Gasteiger partial charge on any atom is -0.385 e. The predicted octanol–water partition coefficient (Wildman–Crippen LogP) is 2.12. The number of hydrogen-bond donors (Lipinski definition) is 1. The van der Waals surface area contributed by atoms with Gasteiger partial charge in [-0.15, -0.1) is 11.3 Å². The zero-order valence-corrected chi connectivity index (χ0v) is 11.8. The summed E-state index contributed by atoms with van der Waals surface area (Å²) in [6.45, 7) is 5.89. The van der Waals surface area contributed by atoms with Gasteiger partial charge in [0.1, 0.15) is 0 Å². The van der Waals surface area contributed by atoms with Crippen LogP contribution in [0.15, 0.2) is 5.38 Å². The molecule has 0 bridgehead atoms. The number of ether oxygens (including phenoxy) is 1. The minimum absolute atomic E-state index is 0.806. The fourth-order valence-electron chi connectivity index (χ4n) is 1.49. The van der Waals surface area contributed by atoms with Crippen LogP contribution < -0.4 is 10.2 Å². The molecule has 0 atom stereocenters. The Hall–Kier alpha value is -0.650. The van der Waals surface area contributed by atoms with Crippen molar-refractivity contribution in [1.82, 2.24) is 10.3 Å². The van der Waals surface area contributed by atoms with Gasteiger partial charge in [-0.2, -0.15) is 0 Å². The molecular formula is C12H23N3OS. The lowest BCUT2D eigenvalue weighted by molar-refractivity contribution is 0.196. The maximum absolute atomic E-state index is 5.05. The predicted molar refractivity (Wildman–Crippen MR) is 73.9 cm³/mol. The maximum atomic E-state index is 5.05. The Labute approximate surface area is 108 Å². The molecule has 0 saturated heterocycles. The number of anilines is 1. The molecule has 0 aliphatic rings. The van der Waals surface area contributed by atoms with Gasteiger partial charge in [-0.3, -0.25) is 0 Å². The smallest absolute Gasteiger partial charge is 0.185 e. The van der Waals surface area contributed by atoms with Gasteiger partial charge in [-0.1, -0.05) is 6.92 Å². The third kappa shape index (κ3) is 5.48. The van der Waals surface area contributed by atoms with Crippen LogP contribution in [0.3, 0.4) is 0 Å². The van der Waals surface area contributed by atoms with Gasteiger partial charge in [0.15, 0.2) is 5.13 Å². The van der Waals surface area contributed by atoms with E-state index in [1.54, 1.807) is 18.4 Å². The molecule has 1 aromatic heterocycles. The van der Waals surface area contributed by atoms with Crippen LogP contribution >= 0.6 is 11.3 Å². The van der Waals surface area contributed by atoms with Crippen molar-refractivity contribution < 1.29 is 4.74 Å². The van der Waals surface area contributed by atoms with Crippen LogP contribution in [-0.4, -0.2) is 38.8 Å². The summed E-state index contributed by atoms with van der Waals surface area (Å²) in [4.78, 5) is 6.79. The average Bonchev–Trinajstić information content (AvgIpc) is 2.78. The molecule has 0 aliphatic carbocycles. The Kier molecular flexibility index (Phi) is 7.16. The van der Waals surface area contributed by atoms with E-state index in [-0.39, 0.29) is 0 Å². The second-order valence-corrected chi connectivity index (χ2v) is 4.90. The highest BCUT2D eigenvalue weighted by Crippen LogP contribution is 2.19. The standard InChI is InChI=1S/C12H23N3OS/c1-4-6-13-9-11-10-17-12(14-11)15(2)7-5-8-16-3/h10,13H,4-9H2,1-3H3. The van der Waals surface area contributed by atoms with Crippen molar-refractivity contribution in [2.24, 2.45) is 0 Å². The van der Waals surface area contributed by atoms with Gasteiger partial charge >= 0.3 is 0 Å². The quantitative estimate of drug-likeness (QED) is 0.688. The highest BCUT2D eigenvalue weighted by molar-refractivity contribution is 7.13. The maximum Gasteiger partial charge on any atom is 0.185 e. The Morgan fingerprint density at radius 3 is 3.06 bits per heavy atom. The number of nitrogens with zero attached hydrogens (tertiary/aromatic N) is 2. The molecule has 5 heteroatoms. The van der Waals surface area contributed by atoms with Crippen molar-refractivity contribution in [2.45, 2.75) is 26.3 Å². The van der Waals surface area contributed by atoms with Gasteiger partial charge in [-0.05, 0) is 19.4 Å². The van der Waals surface area contributed by atoms with Gasteiger partial charge in [0.25, 0.3) is 0 Å². The Morgan fingerprint density at radius 2 is 2.35 bits per heavy atom. The summed E-state index contributed by atoms with van der Waals surface area (Å²) in [5.41, 5.74) is 1.14. The van der Waals surface area contributed by atoms with Crippen molar-refractivity contribution in [3.63, 3.8) is 0 Å². The topological polar surface area (TPSA) is 37.4 Å². The molecule has 98 valence electrons. The molecule has 1 heterocycles. The summed E-state index contributed by atoms with van der Waals surface area (Å²) in [7, 11) is 3.82. The number of aromatic nitrogens is 1.